The van der Waals surface area contributed by atoms with Crippen molar-refractivity contribution in [2.24, 2.45) is 0 Å². The van der Waals surface area contributed by atoms with E-state index in [1.807, 2.05) is 6.08 Å². The highest BCUT2D eigenvalue weighted by molar-refractivity contribution is 5.68. The third kappa shape index (κ3) is 2.79. The van der Waals surface area contributed by atoms with Gasteiger partial charge in [0.2, 0.25) is 0 Å². The summed E-state index contributed by atoms with van der Waals surface area (Å²) in [6, 6.07) is 3.19. The summed E-state index contributed by atoms with van der Waals surface area (Å²) in [5, 5.41) is 12.4. The van der Waals surface area contributed by atoms with Gasteiger partial charge in [-0.3, -0.25) is 0 Å². The van der Waals surface area contributed by atoms with E-state index < -0.39 is 11.7 Å². The van der Waals surface area contributed by atoms with Crippen molar-refractivity contribution in [1.82, 2.24) is 5.32 Å². The number of phenolic OH excluding ortho intramolecular Hbond substituents is 1. The average molecular weight is 243 g/mol. The molecule has 1 aromatic carbocycles. The monoisotopic (exact) mass is 243 g/mol. The quantitative estimate of drug-likeness (QED) is 0.795. The maximum atomic E-state index is 12.6. The van der Waals surface area contributed by atoms with E-state index in [9.17, 15) is 18.3 Å². The Labute approximate surface area is 96.8 Å². The van der Waals surface area contributed by atoms with Gasteiger partial charge < -0.3 is 10.4 Å². The summed E-state index contributed by atoms with van der Waals surface area (Å²) in [5.41, 5.74) is 0.468. The lowest BCUT2D eigenvalue weighted by atomic mass is 9.98. The van der Waals surface area contributed by atoms with Gasteiger partial charge in [0.1, 0.15) is 5.75 Å². The van der Waals surface area contributed by atoms with Gasteiger partial charge in [0, 0.05) is 6.54 Å². The van der Waals surface area contributed by atoms with Crippen LogP contribution in [0, 0.1) is 0 Å². The van der Waals surface area contributed by atoms with Gasteiger partial charge >= 0.3 is 6.18 Å². The first kappa shape index (κ1) is 12.0. The van der Waals surface area contributed by atoms with Gasteiger partial charge in [0.25, 0.3) is 0 Å². The molecule has 2 N–H and O–H groups in total. The molecule has 0 amide bonds. The maximum absolute atomic E-state index is 12.6. The second kappa shape index (κ2) is 4.41. The van der Waals surface area contributed by atoms with Crippen LogP contribution in [0.2, 0.25) is 0 Å². The standard InChI is InChI=1S/C12H12F3NO/c13-12(14,15)10-5-9(6-11(17)7-10)8-1-3-16-4-2-8/h1,5-7,16-17H,2-4H2. The molecule has 0 aliphatic carbocycles. The van der Waals surface area contributed by atoms with Crippen LogP contribution in [-0.2, 0) is 6.18 Å². The fraction of sp³-hybridized carbons (Fsp3) is 0.333. The van der Waals surface area contributed by atoms with Gasteiger partial charge in [-0.2, -0.15) is 13.2 Å². The maximum Gasteiger partial charge on any atom is 0.416 e. The van der Waals surface area contributed by atoms with E-state index in [4.69, 9.17) is 0 Å². The summed E-state index contributed by atoms with van der Waals surface area (Å²) in [6.07, 6.45) is -1.92. The van der Waals surface area contributed by atoms with Crippen LogP contribution in [0.4, 0.5) is 13.2 Å². The number of rotatable bonds is 1. The highest BCUT2D eigenvalue weighted by atomic mass is 19.4. The highest BCUT2D eigenvalue weighted by Gasteiger charge is 2.31. The number of benzene rings is 1. The zero-order chi connectivity index (χ0) is 12.5. The largest absolute Gasteiger partial charge is 0.508 e. The molecule has 0 spiro atoms. The zero-order valence-corrected chi connectivity index (χ0v) is 9.01. The van der Waals surface area contributed by atoms with Gasteiger partial charge in [-0.15, -0.1) is 0 Å². The molecule has 0 unspecified atom stereocenters. The molecule has 92 valence electrons. The zero-order valence-electron chi connectivity index (χ0n) is 9.01. The number of aromatic hydroxyl groups is 1. The minimum Gasteiger partial charge on any atom is -0.508 e. The lowest BCUT2D eigenvalue weighted by Crippen LogP contribution is -2.20. The van der Waals surface area contributed by atoms with Crippen molar-refractivity contribution in [3.63, 3.8) is 0 Å². The van der Waals surface area contributed by atoms with E-state index >= 15 is 0 Å². The van der Waals surface area contributed by atoms with Crippen LogP contribution in [0.1, 0.15) is 17.5 Å². The summed E-state index contributed by atoms with van der Waals surface area (Å²) in [6.45, 7) is 1.38. The van der Waals surface area contributed by atoms with Crippen molar-refractivity contribution in [3.8, 4) is 5.75 Å². The lowest BCUT2D eigenvalue weighted by Gasteiger charge is -2.16. The van der Waals surface area contributed by atoms with Gasteiger partial charge in [-0.25, -0.2) is 0 Å². The smallest absolute Gasteiger partial charge is 0.416 e. The number of alkyl halides is 3. The first-order valence-electron chi connectivity index (χ1n) is 5.28. The normalized spacial score (nSPS) is 16.8. The third-order valence-electron chi connectivity index (χ3n) is 2.68. The van der Waals surface area contributed by atoms with E-state index in [2.05, 4.69) is 5.32 Å². The Morgan fingerprint density at radius 3 is 2.53 bits per heavy atom. The van der Waals surface area contributed by atoms with Crippen LogP contribution in [0.15, 0.2) is 24.3 Å². The molecule has 0 bridgehead atoms. The molecule has 5 heteroatoms. The molecule has 1 heterocycles. The van der Waals surface area contributed by atoms with Crippen molar-refractivity contribution >= 4 is 5.57 Å². The Balaban J connectivity index is 2.41. The molecule has 1 aliphatic heterocycles. The Bertz CT molecular complexity index is 452. The topological polar surface area (TPSA) is 32.3 Å². The van der Waals surface area contributed by atoms with E-state index in [0.717, 1.165) is 24.3 Å². The van der Waals surface area contributed by atoms with Crippen molar-refractivity contribution in [3.05, 3.63) is 35.4 Å². The fourth-order valence-electron chi connectivity index (χ4n) is 1.84. The van der Waals surface area contributed by atoms with E-state index in [1.54, 1.807) is 0 Å². The number of hydrogen-bond acceptors (Lipinski definition) is 2. The minimum absolute atomic E-state index is 0.353. The van der Waals surface area contributed by atoms with Crippen LogP contribution in [0.3, 0.4) is 0 Å². The summed E-state index contributed by atoms with van der Waals surface area (Å²) >= 11 is 0. The van der Waals surface area contributed by atoms with Crippen molar-refractivity contribution < 1.29 is 18.3 Å². The van der Waals surface area contributed by atoms with Gasteiger partial charge in [0.15, 0.2) is 0 Å². The molecule has 0 radical (unpaired) electrons. The molecule has 0 fully saturated rings. The lowest BCUT2D eigenvalue weighted by molar-refractivity contribution is -0.137. The third-order valence-corrected chi connectivity index (χ3v) is 2.68. The molecule has 1 aliphatic rings. The van der Waals surface area contributed by atoms with Crippen molar-refractivity contribution in [2.45, 2.75) is 12.6 Å². The van der Waals surface area contributed by atoms with Gasteiger partial charge in [-0.05, 0) is 42.3 Å². The SMILES string of the molecule is Oc1cc(C2=CCNCC2)cc(C(F)(F)F)c1. The first-order chi connectivity index (χ1) is 7.97. The average Bonchev–Trinajstić information content (AvgIpc) is 2.28. The predicted molar refractivity (Wildman–Crippen MR) is 58.6 cm³/mol. The second-order valence-electron chi connectivity index (χ2n) is 3.95. The van der Waals surface area contributed by atoms with Crippen LogP contribution in [-0.4, -0.2) is 18.2 Å². The second-order valence-corrected chi connectivity index (χ2v) is 3.95. The first-order valence-corrected chi connectivity index (χ1v) is 5.28. The van der Waals surface area contributed by atoms with Gasteiger partial charge in [-0.1, -0.05) is 6.08 Å². The molecular weight excluding hydrogens is 231 g/mol. The fourth-order valence-corrected chi connectivity index (χ4v) is 1.84. The van der Waals surface area contributed by atoms with Crippen LogP contribution in [0.25, 0.3) is 5.57 Å². The summed E-state index contributed by atoms with van der Waals surface area (Å²) < 4.78 is 37.7. The highest BCUT2D eigenvalue weighted by Crippen LogP contribution is 2.34. The molecule has 2 rings (SSSR count). The Kier molecular flexibility index (Phi) is 3.11. The Morgan fingerprint density at radius 1 is 1.18 bits per heavy atom. The number of phenols is 1. The summed E-state index contributed by atoms with van der Waals surface area (Å²) in [5.74, 6) is -0.353. The predicted octanol–water partition coefficient (Wildman–Crippen LogP) is 2.79. The Hall–Kier alpha value is -1.49. The van der Waals surface area contributed by atoms with Crippen molar-refractivity contribution in [2.75, 3.05) is 13.1 Å². The minimum atomic E-state index is -4.43. The van der Waals surface area contributed by atoms with Crippen LogP contribution in [0.5, 0.6) is 5.75 Å². The van der Waals surface area contributed by atoms with Crippen LogP contribution < -0.4 is 5.32 Å². The molecule has 0 atom stereocenters. The molecular formula is C12H12F3NO. The number of hydrogen-bond donors (Lipinski definition) is 2. The number of halogens is 3. The van der Waals surface area contributed by atoms with Gasteiger partial charge in [0.05, 0.1) is 5.56 Å². The molecule has 17 heavy (non-hydrogen) atoms. The molecule has 1 aromatic rings. The molecule has 0 saturated carbocycles. The summed E-state index contributed by atoms with van der Waals surface area (Å²) in [7, 11) is 0. The molecule has 0 aromatic heterocycles. The number of nitrogens with one attached hydrogen (secondary N) is 1. The summed E-state index contributed by atoms with van der Waals surface area (Å²) in [4.78, 5) is 0. The van der Waals surface area contributed by atoms with Crippen LogP contribution >= 0.6 is 0 Å². The van der Waals surface area contributed by atoms with E-state index in [0.29, 0.717) is 18.5 Å². The van der Waals surface area contributed by atoms with E-state index in [1.165, 1.54) is 6.07 Å². The molecule has 0 saturated heterocycles. The Morgan fingerprint density at radius 2 is 1.94 bits per heavy atom. The molecule has 2 nitrogen and oxygen atoms in total. The van der Waals surface area contributed by atoms with Crippen molar-refractivity contribution in [1.29, 1.82) is 0 Å². The van der Waals surface area contributed by atoms with E-state index in [-0.39, 0.29) is 5.75 Å².